The van der Waals surface area contributed by atoms with Crippen molar-refractivity contribution in [2.24, 2.45) is 7.05 Å². The van der Waals surface area contributed by atoms with Crippen molar-refractivity contribution in [1.29, 1.82) is 0 Å². The number of hydrogen-bond acceptors (Lipinski definition) is 4. The fourth-order valence-electron chi connectivity index (χ4n) is 3.71. The molecule has 8 heteroatoms. The number of imidazole rings is 1. The van der Waals surface area contributed by atoms with Crippen LogP contribution in [0.3, 0.4) is 0 Å². The molecule has 0 saturated heterocycles. The summed E-state index contributed by atoms with van der Waals surface area (Å²) in [6.07, 6.45) is 8.00. The number of nitrogens with one attached hydrogen (secondary N) is 1. The molecule has 31 heavy (non-hydrogen) atoms. The van der Waals surface area contributed by atoms with E-state index in [2.05, 4.69) is 25.0 Å². The molecule has 0 aliphatic rings. The lowest BCUT2D eigenvalue weighted by Crippen LogP contribution is -2.40. The summed E-state index contributed by atoms with van der Waals surface area (Å²) in [5, 5.41) is 8.64. The summed E-state index contributed by atoms with van der Waals surface area (Å²) in [4.78, 5) is 23.2. The molecule has 0 saturated carbocycles. The number of benzene rings is 1. The summed E-state index contributed by atoms with van der Waals surface area (Å²) in [7, 11) is 1.92. The predicted molar refractivity (Wildman–Crippen MR) is 121 cm³/mol. The van der Waals surface area contributed by atoms with Crippen molar-refractivity contribution in [3.05, 3.63) is 72.2 Å². The van der Waals surface area contributed by atoms with Crippen LogP contribution in [0.25, 0.3) is 10.9 Å². The van der Waals surface area contributed by atoms with Gasteiger partial charge >= 0.3 is 6.03 Å². The molecule has 0 spiro atoms. The van der Waals surface area contributed by atoms with Crippen molar-refractivity contribution < 1.29 is 4.79 Å². The third kappa shape index (κ3) is 4.58. The summed E-state index contributed by atoms with van der Waals surface area (Å²) in [5.41, 5.74) is 4.87. The van der Waals surface area contributed by atoms with Crippen molar-refractivity contribution in [3.63, 3.8) is 0 Å². The highest BCUT2D eigenvalue weighted by Crippen LogP contribution is 2.25. The normalized spacial score (nSPS) is 11.1. The Morgan fingerprint density at radius 2 is 2.03 bits per heavy atom. The molecular weight excluding hydrogens is 390 g/mol. The van der Waals surface area contributed by atoms with Crippen molar-refractivity contribution >= 4 is 22.6 Å². The zero-order chi connectivity index (χ0) is 21.8. The van der Waals surface area contributed by atoms with E-state index < -0.39 is 0 Å². The Labute approximate surface area is 181 Å². The number of pyridine rings is 1. The molecule has 3 aromatic heterocycles. The number of fused-ring (bicyclic) bond motifs is 1. The van der Waals surface area contributed by atoms with Crippen molar-refractivity contribution in [2.45, 2.75) is 33.4 Å². The van der Waals surface area contributed by atoms with Crippen LogP contribution in [0, 0.1) is 13.8 Å². The van der Waals surface area contributed by atoms with Gasteiger partial charge in [-0.15, -0.1) is 0 Å². The molecule has 8 nitrogen and oxygen atoms in total. The van der Waals surface area contributed by atoms with Gasteiger partial charge in [0.25, 0.3) is 0 Å². The number of aryl methyl sites for hydroxylation is 4. The van der Waals surface area contributed by atoms with Gasteiger partial charge in [0.1, 0.15) is 0 Å². The van der Waals surface area contributed by atoms with Crippen LogP contribution in [-0.2, 0) is 20.1 Å². The minimum atomic E-state index is -0.135. The van der Waals surface area contributed by atoms with Crippen LogP contribution in [0.1, 0.15) is 23.4 Å². The van der Waals surface area contributed by atoms with Crippen LogP contribution >= 0.6 is 0 Å². The van der Waals surface area contributed by atoms with E-state index in [-0.39, 0.29) is 6.03 Å². The zero-order valence-corrected chi connectivity index (χ0v) is 18.1. The smallest absolute Gasteiger partial charge is 0.322 e. The lowest BCUT2D eigenvalue weighted by atomic mass is 10.1. The van der Waals surface area contributed by atoms with Gasteiger partial charge in [-0.25, -0.2) is 9.78 Å². The zero-order valence-electron chi connectivity index (χ0n) is 18.1. The van der Waals surface area contributed by atoms with E-state index in [1.54, 1.807) is 17.3 Å². The van der Waals surface area contributed by atoms with Gasteiger partial charge in [0.05, 0.1) is 24.1 Å². The largest absolute Gasteiger partial charge is 0.338 e. The Balaban J connectivity index is 1.51. The third-order valence-corrected chi connectivity index (χ3v) is 5.41. The quantitative estimate of drug-likeness (QED) is 0.466. The maximum absolute atomic E-state index is 13.2. The van der Waals surface area contributed by atoms with Gasteiger partial charge in [-0.1, -0.05) is 6.07 Å². The molecule has 0 bridgehead atoms. The van der Waals surface area contributed by atoms with E-state index in [1.165, 1.54) is 0 Å². The average molecular weight is 418 g/mol. The molecule has 0 aliphatic heterocycles. The molecule has 0 unspecified atom stereocenters. The molecule has 3 heterocycles. The molecule has 4 aromatic rings. The first-order valence-corrected chi connectivity index (χ1v) is 10.4. The highest BCUT2D eigenvalue weighted by atomic mass is 16.2. The maximum atomic E-state index is 13.2. The Hall–Kier alpha value is -3.68. The second-order valence-electron chi connectivity index (χ2n) is 7.67. The van der Waals surface area contributed by atoms with Gasteiger partial charge in [0, 0.05) is 55.5 Å². The van der Waals surface area contributed by atoms with Gasteiger partial charge < -0.3 is 9.88 Å². The van der Waals surface area contributed by atoms with E-state index in [1.807, 2.05) is 68.4 Å². The number of rotatable bonds is 7. The van der Waals surface area contributed by atoms with Crippen LogP contribution < -0.4 is 10.2 Å². The number of anilines is 1. The fraction of sp³-hybridized carbons (Fsp3) is 0.304. The Bertz CT molecular complexity index is 1180. The third-order valence-electron chi connectivity index (χ3n) is 5.41. The molecule has 4 rings (SSSR count). The molecule has 0 radical (unpaired) electrons. The van der Waals surface area contributed by atoms with Crippen molar-refractivity contribution in [2.75, 3.05) is 11.4 Å². The van der Waals surface area contributed by atoms with E-state index in [9.17, 15) is 4.79 Å². The molecule has 0 aliphatic carbocycles. The average Bonchev–Trinajstić information content (AvgIpc) is 3.31. The monoisotopic (exact) mass is 417 g/mol. The summed E-state index contributed by atoms with van der Waals surface area (Å²) >= 11 is 0. The van der Waals surface area contributed by atoms with E-state index in [0.717, 1.165) is 46.5 Å². The number of amides is 2. The predicted octanol–water partition coefficient (Wildman–Crippen LogP) is 3.59. The molecule has 1 aromatic carbocycles. The summed E-state index contributed by atoms with van der Waals surface area (Å²) < 4.78 is 3.93. The van der Waals surface area contributed by atoms with Crippen LogP contribution in [0.5, 0.6) is 0 Å². The lowest BCUT2D eigenvalue weighted by molar-refractivity contribution is 0.245. The number of aromatic nitrogens is 5. The van der Waals surface area contributed by atoms with Crippen LogP contribution in [0.15, 0.2) is 55.2 Å². The highest BCUT2D eigenvalue weighted by Gasteiger charge is 2.18. The van der Waals surface area contributed by atoms with E-state index in [4.69, 9.17) is 0 Å². The molecule has 1 N–H and O–H groups in total. The Kier molecular flexibility index (Phi) is 5.97. The van der Waals surface area contributed by atoms with Crippen LogP contribution in [0.4, 0.5) is 10.5 Å². The van der Waals surface area contributed by atoms with E-state index >= 15 is 0 Å². The molecular formula is C23H27N7O. The molecule has 0 fully saturated rings. The summed E-state index contributed by atoms with van der Waals surface area (Å²) in [5.74, 6) is 0. The summed E-state index contributed by atoms with van der Waals surface area (Å²) in [6.45, 7) is 5.84. The van der Waals surface area contributed by atoms with Crippen molar-refractivity contribution in [1.82, 2.24) is 29.6 Å². The van der Waals surface area contributed by atoms with Crippen LogP contribution in [0.2, 0.25) is 0 Å². The number of carbonyl (C=O) groups is 1. The van der Waals surface area contributed by atoms with Gasteiger partial charge in [-0.2, -0.15) is 5.10 Å². The second-order valence-corrected chi connectivity index (χ2v) is 7.67. The second kappa shape index (κ2) is 8.99. The number of urea groups is 1. The lowest BCUT2D eigenvalue weighted by Gasteiger charge is -2.23. The molecule has 160 valence electrons. The summed E-state index contributed by atoms with van der Waals surface area (Å²) in [6, 6.07) is 9.73. The van der Waals surface area contributed by atoms with Crippen molar-refractivity contribution in [3.8, 4) is 0 Å². The standard InChI is InChI=1S/C23H27N7O/c1-17-13-25-16-29(17)11-5-10-26-23(31)30(15-19-6-4-9-24-14-19)20-7-8-21-18(2)27-28(3)22(21)12-20/h4,6-9,12-14,16H,5,10-11,15H2,1-3H3,(H,26,31). The van der Waals surface area contributed by atoms with Crippen LogP contribution in [-0.4, -0.2) is 36.9 Å². The maximum Gasteiger partial charge on any atom is 0.322 e. The minimum absolute atomic E-state index is 0.135. The molecule has 2 amide bonds. The topological polar surface area (TPSA) is 80.9 Å². The first-order chi connectivity index (χ1) is 15.0. The van der Waals surface area contributed by atoms with Gasteiger partial charge in [-0.05, 0) is 50.1 Å². The van der Waals surface area contributed by atoms with E-state index in [0.29, 0.717) is 13.1 Å². The fourth-order valence-corrected chi connectivity index (χ4v) is 3.71. The minimum Gasteiger partial charge on any atom is -0.338 e. The van der Waals surface area contributed by atoms with Gasteiger partial charge in [0.2, 0.25) is 0 Å². The first kappa shape index (κ1) is 20.6. The number of hydrogen-bond donors (Lipinski definition) is 1. The SMILES string of the molecule is Cc1nn(C)c2cc(N(Cc3cccnc3)C(=O)NCCCn3cncc3C)ccc12. The molecule has 0 atom stereocenters. The highest BCUT2D eigenvalue weighted by molar-refractivity contribution is 5.95. The number of nitrogens with zero attached hydrogens (tertiary/aromatic N) is 6. The Morgan fingerprint density at radius 1 is 1.16 bits per heavy atom. The van der Waals surface area contributed by atoms with Gasteiger partial charge in [-0.3, -0.25) is 14.6 Å². The van der Waals surface area contributed by atoms with Gasteiger partial charge in [0.15, 0.2) is 0 Å². The first-order valence-electron chi connectivity index (χ1n) is 10.4. The Morgan fingerprint density at radius 3 is 2.77 bits per heavy atom. The number of carbonyl (C=O) groups excluding carboxylic acids is 1.